The van der Waals surface area contributed by atoms with Crippen molar-refractivity contribution in [2.45, 2.75) is 45.1 Å². The first-order valence-electron chi connectivity index (χ1n) is 8.64. The number of carbonyl (C=O) groups is 1. The molecule has 0 spiro atoms. The second-order valence-corrected chi connectivity index (χ2v) is 9.35. The fraction of sp³-hybridized carbons (Fsp3) is 0.500. The lowest BCUT2D eigenvalue weighted by atomic mass is 9.53. The third kappa shape index (κ3) is 1.48. The monoisotopic (exact) mass is 339 g/mol. The van der Waals surface area contributed by atoms with Crippen molar-refractivity contribution in [3.05, 3.63) is 41.4 Å². The number of hydrogen-bond acceptors (Lipinski definition) is 4. The van der Waals surface area contributed by atoms with E-state index in [2.05, 4.69) is 32.1 Å². The molecule has 1 heterocycles. The van der Waals surface area contributed by atoms with E-state index < -0.39 is 5.60 Å². The summed E-state index contributed by atoms with van der Waals surface area (Å²) in [7, 11) is 0. The van der Waals surface area contributed by atoms with Gasteiger partial charge in [0.25, 0.3) is 0 Å². The van der Waals surface area contributed by atoms with Gasteiger partial charge in [0.15, 0.2) is 0 Å². The number of aliphatic hydroxyl groups is 1. The summed E-state index contributed by atoms with van der Waals surface area (Å²) in [5, 5.41) is 12.3. The molecule has 2 aromatic rings. The average molecular weight is 339 g/mol. The minimum Gasteiger partial charge on any atom is -0.383 e. The van der Waals surface area contributed by atoms with Crippen molar-refractivity contribution in [3.8, 4) is 0 Å². The molecule has 1 aromatic carbocycles. The third-order valence-corrected chi connectivity index (χ3v) is 8.60. The van der Waals surface area contributed by atoms with Crippen molar-refractivity contribution in [2.24, 2.45) is 16.2 Å². The van der Waals surface area contributed by atoms with E-state index in [0.717, 1.165) is 21.6 Å². The molecule has 1 aromatic heterocycles. The number of ketones is 1. The van der Waals surface area contributed by atoms with Crippen LogP contribution in [-0.2, 0) is 10.4 Å². The SMILES string of the molecule is C[C@@]12CC[C@@](O)(c3nc4ccccc4s3)C[C@]13C=C[C@@]2(C)C(=O)C3. The Morgan fingerprint density at radius 2 is 1.96 bits per heavy atom. The first-order chi connectivity index (χ1) is 11.3. The molecule has 24 heavy (non-hydrogen) atoms. The molecule has 2 fully saturated rings. The number of benzene rings is 1. The van der Waals surface area contributed by atoms with Crippen molar-refractivity contribution in [2.75, 3.05) is 0 Å². The van der Waals surface area contributed by atoms with Gasteiger partial charge in [-0.3, -0.25) is 4.79 Å². The van der Waals surface area contributed by atoms with Gasteiger partial charge in [-0.2, -0.15) is 0 Å². The van der Waals surface area contributed by atoms with Crippen molar-refractivity contribution in [1.29, 1.82) is 0 Å². The lowest BCUT2D eigenvalue weighted by molar-refractivity contribution is -0.127. The summed E-state index contributed by atoms with van der Waals surface area (Å²) in [6.45, 7) is 4.33. The summed E-state index contributed by atoms with van der Waals surface area (Å²) in [5.41, 5.74) is -0.624. The molecule has 5 rings (SSSR count). The zero-order valence-corrected chi connectivity index (χ0v) is 14.8. The van der Waals surface area contributed by atoms with E-state index in [9.17, 15) is 9.90 Å². The van der Waals surface area contributed by atoms with Crippen LogP contribution in [0.2, 0.25) is 0 Å². The van der Waals surface area contributed by atoms with Crippen molar-refractivity contribution < 1.29 is 9.90 Å². The summed E-state index contributed by atoms with van der Waals surface area (Å²) in [6, 6.07) is 8.03. The highest BCUT2D eigenvalue weighted by Gasteiger charge is 2.72. The number of aromatic nitrogens is 1. The van der Waals surface area contributed by atoms with E-state index in [1.165, 1.54) is 0 Å². The summed E-state index contributed by atoms with van der Waals surface area (Å²) in [6.07, 6.45) is 7.04. The van der Waals surface area contributed by atoms with E-state index in [0.29, 0.717) is 25.0 Å². The number of allylic oxidation sites excluding steroid dienone is 2. The highest BCUT2D eigenvalue weighted by atomic mass is 32.1. The summed E-state index contributed by atoms with van der Waals surface area (Å²) >= 11 is 1.59. The fourth-order valence-electron chi connectivity index (χ4n) is 5.48. The Hall–Kier alpha value is -1.52. The summed E-state index contributed by atoms with van der Waals surface area (Å²) in [4.78, 5) is 17.4. The Balaban J connectivity index is 1.61. The topological polar surface area (TPSA) is 50.2 Å². The van der Waals surface area contributed by atoms with E-state index in [4.69, 9.17) is 4.98 Å². The van der Waals surface area contributed by atoms with Crippen LogP contribution in [0.5, 0.6) is 0 Å². The number of fused-ring (bicyclic) bond motifs is 1. The summed E-state index contributed by atoms with van der Waals surface area (Å²) < 4.78 is 1.11. The third-order valence-electron chi connectivity index (χ3n) is 7.37. The molecule has 0 aliphatic heterocycles. The predicted octanol–water partition coefficient (Wildman–Crippen LogP) is 4.21. The maximum absolute atomic E-state index is 12.7. The second kappa shape index (κ2) is 4.17. The van der Waals surface area contributed by atoms with Crippen LogP contribution in [0.3, 0.4) is 0 Å². The van der Waals surface area contributed by atoms with Crippen molar-refractivity contribution >= 4 is 27.3 Å². The normalized spacial score (nSPS) is 43.5. The van der Waals surface area contributed by atoms with Gasteiger partial charge >= 0.3 is 0 Å². The number of nitrogens with zero attached hydrogens (tertiary/aromatic N) is 1. The number of rotatable bonds is 1. The molecule has 3 aliphatic rings. The van der Waals surface area contributed by atoms with Gasteiger partial charge in [0.05, 0.1) is 15.6 Å². The zero-order chi connectivity index (χ0) is 16.8. The van der Waals surface area contributed by atoms with Gasteiger partial charge in [-0.15, -0.1) is 11.3 Å². The summed E-state index contributed by atoms with van der Waals surface area (Å²) in [5.74, 6) is 0.334. The van der Waals surface area contributed by atoms with Gasteiger partial charge in [0.2, 0.25) is 0 Å². The van der Waals surface area contributed by atoms with E-state index in [1.807, 2.05) is 18.2 Å². The molecule has 0 radical (unpaired) electrons. The minimum atomic E-state index is -0.927. The highest BCUT2D eigenvalue weighted by Crippen LogP contribution is 2.74. The molecule has 2 saturated carbocycles. The first kappa shape index (κ1) is 14.8. The average Bonchev–Trinajstić information content (AvgIpc) is 3.13. The maximum atomic E-state index is 12.7. The van der Waals surface area contributed by atoms with Crippen LogP contribution >= 0.6 is 11.3 Å². The Kier molecular flexibility index (Phi) is 2.57. The quantitative estimate of drug-likeness (QED) is 0.792. The molecule has 0 saturated heterocycles. The highest BCUT2D eigenvalue weighted by molar-refractivity contribution is 7.18. The first-order valence-corrected chi connectivity index (χ1v) is 9.46. The number of thiazole rings is 1. The molecule has 124 valence electrons. The Labute approximate surface area is 145 Å². The van der Waals surface area contributed by atoms with Crippen LogP contribution in [0, 0.1) is 16.2 Å². The predicted molar refractivity (Wildman–Crippen MR) is 94.8 cm³/mol. The van der Waals surface area contributed by atoms with Crippen molar-refractivity contribution in [3.63, 3.8) is 0 Å². The molecule has 4 heteroatoms. The largest absolute Gasteiger partial charge is 0.383 e. The van der Waals surface area contributed by atoms with Crippen LogP contribution in [-0.4, -0.2) is 15.9 Å². The van der Waals surface area contributed by atoms with Crippen LogP contribution < -0.4 is 0 Å². The van der Waals surface area contributed by atoms with E-state index >= 15 is 0 Å². The van der Waals surface area contributed by atoms with E-state index in [-0.39, 0.29) is 16.2 Å². The molecular weight excluding hydrogens is 318 g/mol. The van der Waals surface area contributed by atoms with Gasteiger partial charge in [0, 0.05) is 11.8 Å². The van der Waals surface area contributed by atoms with Gasteiger partial charge in [-0.25, -0.2) is 4.98 Å². The van der Waals surface area contributed by atoms with Gasteiger partial charge in [-0.05, 0) is 43.7 Å². The molecule has 0 unspecified atom stereocenters. The maximum Gasteiger partial charge on any atom is 0.143 e. The minimum absolute atomic E-state index is 0.0694. The number of carbonyl (C=O) groups excluding carboxylic acids is 1. The Morgan fingerprint density at radius 3 is 2.71 bits per heavy atom. The van der Waals surface area contributed by atoms with E-state index in [1.54, 1.807) is 11.3 Å². The van der Waals surface area contributed by atoms with Crippen LogP contribution in [0.15, 0.2) is 36.4 Å². The van der Waals surface area contributed by atoms with Gasteiger partial charge in [-0.1, -0.05) is 31.2 Å². The second-order valence-electron chi connectivity index (χ2n) is 8.32. The standard InChI is InChI=1S/C20H21NO2S/c1-17-7-9-19(11-15(17)22)12-20(23,10-8-18(17,19)2)16-21-13-5-3-4-6-14(13)24-16/h3-7,9,23H,8,10-12H2,1-2H3/t17-,18-,19+,20-/m0/s1. The molecular formula is C20H21NO2S. The zero-order valence-electron chi connectivity index (χ0n) is 14.0. The number of Topliss-reactive ketones (excluding diaryl/α,β-unsaturated/α-hetero) is 1. The Morgan fingerprint density at radius 1 is 1.17 bits per heavy atom. The lowest BCUT2D eigenvalue weighted by Gasteiger charge is -2.51. The van der Waals surface area contributed by atoms with Gasteiger partial charge in [0.1, 0.15) is 16.4 Å². The smallest absolute Gasteiger partial charge is 0.143 e. The number of hydrogen-bond donors (Lipinski definition) is 1. The fourth-order valence-corrected chi connectivity index (χ4v) is 6.56. The molecule has 0 amide bonds. The molecule has 2 bridgehead atoms. The number of para-hydroxylation sites is 1. The molecule has 3 nitrogen and oxygen atoms in total. The van der Waals surface area contributed by atoms with Crippen LogP contribution in [0.4, 0.5) is 0 Å². The molecule has 3 aliphatic carbocycles. The Bertz CT molecular complexity index is 884. The van der Waals surface area contributed by atoms with Gasteiger partial charge < -0.3 is 5.11 Å². The lowest BCUT2D eigenvalue weighted by Crippen LogP contribution is -2.49. The van der Waals surface area contributed by atoms with Crippen molar-refractivity contribution in [1.82, 2.24) is 4.98 Å². The molecule has 1 N–H and O–H groups in total. The van der Waals surface area contributed by atoms with Crippen LogP contribution in [0.25, 0.3) is 10.2 Å². The van der Waals surface area contributed by atoms with Crippen LogP contribution in [0.1, 0.15) is 44.5 Å². The molecule has 4 atom stereocenters.